The van der Waals surface area contributed by atoms with Gasteiger partial charge in [0.15, 0.2) is 0 Å². The molecule has 0 aliphatic heterocycles. The van der Waals surface area contributed by atoms with Gasteiger partial charge in [-0.05, 0) is 42.5 Å². The van der Waals surface area contributed by atoms with Crippen molar-refractivity contribution < 1.29 is 9.53 Å². The number of halogens is 1. The van der Waals surface area contributed by atoms with Crippen molar-refractivity contribution >= 4 is 23.2 Å². The van der Waals surface area contributed by atoms with Gasteiger partial charge in [-0.1, -0.05) is 44.5 Å². The van der Waals surface area contributed by atoms with Crippen LogP contribution in [-0.4, -0.2) is 10.9 Å². The number of aromatic nitrogens is 1. The molecule has 4 nitrogen and oxygen atoms in total. The highest BCUT2D eigenvalue weighted by molar-refractivity contribution is 6.30. The van der Waals surface area contributed by atoms with Crippen molar-refractivity contribution in [3.05, 3.63) is 52.2 Å². The van der Waals surface area contributed by atoms with E-state index in [0.717, 1.165) is 22.5 Å². The molecule has 25 heavy (non-hydrogen) atoms. The Bertz CT molecular complexity index is 744. The van der Waals surface area contributed by atoms with Gasteiger partial charge in [0.25, 0.3) is 0 Å². The van der Waals surface area contributed by atoms with Gasteiger partial charge in [-0.15, -0.1) is 0 Å². The summed E-state index contributed by atoms with van der Waals surface area (Å²) in [5, 5.41) is 3.65. The Morgan fingerprint density at radius 1 is 1.24 bits per heavy atom. The zero-order chi connectivity index (χ0) is 18.6. The molecular formula is C20H25ClN2O2. The Hall–Kier alpha value is -2.07. The number of aryl methyl sites for hydroxylation is 2. The van der Waals surface area contributed by atoms with Gasteiger partial charge in [0.1, 0.15) is 6.61 Å². The average molecular weight is 361 g/mol. The second-order valence-electron chi connectivity index (χ2n) is 7.44. The molecule has 1 aromatic carbocycles. The fourth-order valence-electron chi connectivity index (χ4n) is 2.51. The number of carbonyl (C=O) groups is 1. The van der Waals surface area contributed by atoms with Gasteiger partial charge in [0.2, 0.25) is 11.8 Å². The highest BCUT2D eigenvalue weighted by Crippen LogP contribution is 2.25. The third kappa shape index (κ3) is 6.05. The molecule has 0 bridgehead atoms. The first-order chi connectivity index (χ1) is 11.6. The summed E-state index contributed by atoms with van der Waals surface area (Å²) < 4.78 is 5.77. The van der Waals surface area contributed by atoms with Crippen LogP contribution in [0.1, 0.15) is 44.0 Å². The van der Waals surface area contributed by atoms with Crippen LogP contribution >= 0.6 is 11.6 Å². The van der Waals surface area contributed by atoms with Crippen molar-refractivity contribution in [3.63, 3.8) is 0 Å². The minimum absolute atomic E-state index is 0.00639. The first kappa shape index (κ1) is 19.3. The monoisotopic (exact) mass is 360 g/mol. The molecule has 134 valence electrons. The summed E-state index contributed by atoms with van der Waals surface area (Å²) in [7, 11) is 0. The molecule has 1 aromatic heterocycles. The molecule has 2 rings (SSSR count). The fraction of sp³-hybridized carbons (Fsp3) is 0.400. The zero-order valence-corrected chi connectivity index (χ0v) is 16.2. The minimum Gasteiger partial charge on any atom is -0.473 e. The maximum atomic E-state index is 12.2. The lowest BCUT2D eigenvalue weighted by molar-refractivity contribution is -0.117. The molecule has 0 saturated carbocycles. The molecule has 0 saturated heterocycles. The minimum atomic E-state index is -0.0562. The lowest BCUT2D eigenvalue weighted by Gasteiger charge is -2.19. The van der Waals surface area contributed by atoms with E-state index in [-0.39, 0.29) is 11.3 Å². The van der Waals surface area contributed by atoms with E-state index in [9.17, 15) is 4.79 Å². The molecular weight excluding hydrogens is 336 g/mol. The Morgan fingerprint density at radius 3 is 2.56 bits per heavy atom. The maximum Gasteiger partial charge on any atom is 0.224 e. The van der Waals surface area contributed by atoms with E-state index in [4.69, 9.17) is 16.3 Å². The standard InChI is InChI=1S/C20H25ClN2O2/c1-13-9-18(25-12-15-7-6-8-16(21)10-15)22-14(2)19(13)23-17(24)11-20(3,4)5/h6-10H,11-12H2,1-5H3,(H,23,24). The number of rotatable bonds is 5. The number of anilines is 1. The van der Waals surface area contributed by atoms with Crippen LogP contribution in [0.4, 0.5) is 5.69 Å². The number of amides is 1. The van der Waals surface area contributed by atoms with E-state index in [1.165, 1.54) is 0 Å². The van der Waals surface area contributed by atoms with Gasteiger partial charge in [-0.2, -0.15) is 0 Å². The normalized spacial score (nSPS) is 11.3. The van der Waals surface area contributed by atoms with E-state index < -0.39 is 0 Å². The highest BCUT2D eigenvalue weighted by Gasteiger charge is 2.18. The second kappa shape index (κ2) is 7.87. The van der Waals surface area contributed by atoms with Gasteiger partial charge >= 0.3 is 0 Å². The summed E-state index contributed by atoms with van der Waals surface area (Å²) in [6.45, 7) is 10.3. The molecule has 0 radical (unpaired) electrons. The maximum absolute atomic E-state index is 12.2. The number of pyridine rings is 1. The van der Waals surface area contributed by atoms with Gasteiger partial charge < -0.3 is 10.1 Å². The van der Waals surface area contributed by atoms with Crippen LogP contribution < -0.4 is 10.1 Å². The number of hydrogen-bond donors (Lipinski definition) is 1. The van der Waals surface area contributed by atoms with Crippen LogP contribution in [0.3, 0.4) is 0 Å². The van der Waals surface area contributed by atoms with Gasteiger partial charge in [-0.25, -0.2) is 4.98 Å². The molecule has 0 unspecified atom stereocenters. The predicted octanol–water partition coefficient (Wildman–Crippen LogP) is 5.31. The van der Waals surface area contributed by atoms with Crippen LogP contribution in [-0.2, 0) is 11.4 Å². The molecule has 0 aliphatic carbocycles. The Labute approximate surface area is 154 Å². The van der Waals surface area contributed by atoms with Gasteiger partial charge in [-0.3, -0.25) is 4.79 Å². The number of nitrogens with one attached hydrogen (secondary N) is 1. The van der Waals surface area contributed by atoms with Crippen LogP contribution in [0.2, 0.25) is 5.02 Å². The van der Waals surface area contributed by atoms with E-state index in [0.29, 0.717) is 23.9 Å². The van der Waals surface area contributed by atoms with Gasteiger partial charge in [0.05, 0.1) is 11.4 Å². The molecule has 5 heteroatoms. The number of hydrogen-bond acceptors (Lipinski definition) is 3. The number of carbonyl (C=O) groups excluding carboxylic acids is 1. The summed E-state index contributed by atoms with van der Waals surface area (Å²) in [6, 6.07) is 9.37. The Kier molecular flexibility index (Phi) is 6.07. The Balaban J connectivity index is 2.07. The molecule has 0 atom stereocenters. The molecule has 1 amide bonds. The number of ether oxygens (including phenoxy) is 1. The zero-order valence-electron chi connectivity index (χ0n) is 15.4. The summed E-state index contributed by atoms with van der Waals surface area (Å²) >= 11 is 5.98. The summed E-state index contributed by atoms with van der Waals surface area (Å²) in [6.07, 6.45) is 0.457. The van der Waals surface area contributed by atoms with Crippen molar-refractivity contribution in [2.45, 2.75) is 47.6 Å². The predicted molar refractivity (Wildman–Crippen MR) is 102 cm³/mol. The molecule has 1 heterocycles. The third-order valence-electron chi connectivity index (χ3n) is 3.61. The molecule has 0 fully saturated rings. The largest absolute Gasteiger partial charge is 0.473 e. The number of nitrogens with zero attached hydrogens (tertiary/aromatic N) is 1. The van der Waals surface area contributed by atoms with E-state index >= 15 is 0 Å². The third-order valence-corrected chi connectivity index (χ3v) is 3.84. The first-order valence-electron chi connectivity index (χ1n) is 8.29. The summed E-state index contributed by atoms with van der Waals surface area (Å²) in [5.74, 6) is 0.525. The summed E-state index contributed by atoms with van der Waals surface area (Å²) in [5.41, 5.74) is 3.34. The lowest BCUT2D eigenvalue weighted by Crippen LogP contribution is -2.21. The SMILES string of the molecule is Cc1cc(OCc2cccc(Cl)c2)nc(C)c1NC(=O)CC(C)(C)C. The van der Waals surface area contributed by atoms with Gasteiger partial charge in [0, 0.05) is 17.5 Å². The van der Waals surface area contributed by atoms with Crippen molar-refractivity contribution in [2.24, 2.45) is 5.41 Å². The van der Waals surface area contributed by atoms with Crippen LogP contribution in [0, 0.1) is 19.3 Å². The van der Waals surface area contributed by atoms with Crippen molar-refractivity contribution in [1.29, 1.82) is 0 Å². The van der Waals surface area contributed by atoms with Crippen molar-refractivity contribution in [1.82, 2.24) is 4.98 Å². The first-order valence-corrected chi connectivity index (χ1v) is 8.67. The molecule has 0 aliphatic rings. The van der Waals surface area contributed by atoms with Crippen LogP contribution in [0.5, 0.6) is 5.88 Å². The quantitative estimate of drug-likeness (QED) is 0.786. The van der Waals surface area contributed by atoms with Crippen molar-refractivity contribution in [3.8, 4) is 5.88 Å². The van der Waals surface area contributed by atoms with Crippen molar-refractivity contribution in [2.75, 3.05) is 5.32 Å². The smallest absolute Gasteiger partial charge is 0.224 e. The fourth-order valence-corrected chi connectivity index (χ4v) is 2.72. The number of benzene rings is 1. The van der Waals surface area contributed by atoms with Crippen LogP contribution in [0.25, 0.3) is 0 Å². The van der Waals surface area contributed by atoms with E-state index in [1.54, 1.807) is 0 Å². The van der Waals surface area contributed by atoms with E-state index in [2.05, 4.69) is 10.3 Å². The lowest BCUT2D eigenvalue weighted by atomic mass is 9.92. The van der Waals surface area contributed by atoms with E-state index in [1.807, 2.05) is 65.0 Å². The average Bonchev–Trinajstić information content (AvgIpc) is 2.47. The molecule has 1 N–H and O–H groups in total. The molecule has 2 aromatic rings. The second-order valence-corrected chi connectivity index (χ2v) is 7.88. The highest BCUT2D eigenvalue weighted by atomic mass is 35.5. The van der Waals surface area contributed by atoms with Crippen LogP contribution in [0.15, 0.2) is 30.3 Å². The Morgan fingerprint density at radius 2 is 1.96 bits per heavy atom. The summed E-state index contributed by atoms with van der Waals surface area (Å²) in [4.78, 5) is 16.6. The molecule has 0 spiro atoms. The topological polar surface area (TPSA) is 51.2 Å².